The van der Waals surface area contributed by atoms with Crippen LogP contribution in [0.25, 0.3) is 0 Å². The van der Waals surface area contributed by atoms with Crippen LogP contribution in [0, 0.1) is 5.92 Å². The number of methoxy groups -OCH3 is 1. The molecule has 8 heteroatoms. The zero-order chi connectivity index (χ0) is 19.5. The first-order valence-electron chi connectivity index (χ1n) is 10.1. The maximum atomic E-state index is 11.6. The minimum Gasteiger partial charge on any atom is -0.497 e. The second-order valence-corrected chi connectivity index (χ2v) is 7.81. The molecule has 1 aromatic heterocycles. The van der Waals surface area contributed by atoms with Crippen LogP contribution >= 0.6 is 0 Å². The van der Waals surface area contributed by atoms with Gasteiger partial charge >= 0.3 is 0 Å². The van der Waals surface area contributed by atoms with Crippen LogP contribution in [0.3, 0.4) is 0 Å². The second kappa shape index (κ2) is 8.26. The molecule has 8 nitrogen and oxygen atoms in total. The standard InChI is InChI=1S/C20H28N6O2/c1-28-17-8-6-14(7-9-17)18(25-12-10-15(11-13-25)19(21)27)20-22-23-24-26(20)16-4-2-3-5-16/h6-9,15-16,18H,2-5,10-13H2,1H3,(H2,21,27). The van der Waals surface area contributed by atoms with Gasteiger partial charge in [0.05, 0.1) is 19.2 Å². The van der Waals surface area contributed by atoms with Crippen LogP contribution in [0.2, 0.25) is 0 Å². The molecule has 1 saturated heterocycles. The van der Waals surface area contributed by atoms with Gasteiger partial charge in [-0.25, -0.2) is 4.68 Å². The summed E-state index contributed by atoms with van der Waals surface area (Å²) in [7, 11) is 1.67. The van der Waals surface area contributed by atoms with Gasteiger partial charge in [0.2, 0.25) is 5.91 Å². The summed E-state index contributed by atoms with van der Waals surface area (Å²) in [6.45, 7) is 1.59. The molecule has 1 amide bonds. The summed E-state index contributed by atoms with van der Waals surface area (Å²) in [5.41, 5.74) is 6.66. The van der Waals surface area contributed by atoms with Crippen LogP contribution in [0.1, 0.15) is 62.0 Å². The van der Waals surface area contributed by atoms with E-state index in [1.54, 1.807) is 7.11 Å². The number of nitrogens with two attached hydrogens (primary N) is 1. The summed E-state index contributed by atoms with van der Waals surface area (Å²) >= 11 is 0. The van der Waals surface area contributed by atoms with E-state index in [9.17, 15) is 4.79 Å². The number of tetrazole rings is 1. The number of benzene rings is 1. The zero-order valence-corrected chi connectivity index (χ0v) is 16.3. The first kappa shape index (κ1) is 18.9. The third kappa shape index (κ3) is 3.73. The van der Waals surface area contributed by atoms with Crippen LogP contribution in [0.15, 0.2) is 24.3 Å². The highest BCUT2D eigenvalue weighted by Crippen LogP contribution is 2.36. The van der Waals surface area contributed by atoms with Crippen molar-refractivity contribution >= 4 is 5.91 Å². The molecule has 1 atom stereocenters. The molecule has 2 aliphatic rings. The average molecular weight is 384 g/mol. The van der Waals surface area contributed by atoms with Crippen molar-refractivity contribution in [2.45, 2.75) is 50.6 Å². The van der Waals surface area contributed by atoms with E-state index in [4.69, 9.17) is 10.5 Å². The minimum absolute atomic E-state index is 0.0430. The van der Waals surface area contributed by atoms with E-state index in [2.05, 4.69) is 32.6 Å². The van der Waals surface area contributed by atoms with Gasteiger partial charge < -0.3 is 10.5 Å². The van der Waals surface area contributed by atoms with E-state index < -0.39 is 0 Å². The van der Waals surface area contributed by atoms with E-state index in [-0.39, 0.29) is 17.9 Å². The quantitative estimate of drug-likeness (QED) is 0.819. The van der Waals surface area contributed by atoms with E-state index in [1.165, 1.54) is 12.8 Å². The third-order valence-corrected chi connectivity index (χ3v) is 6.16. The molecule has 1 aliphatic heterocycles. The zero-order valence-electron chi connectivity index (χ0n) is 16.3. The first-order valence-corrected chi connectivity index (χ1v) is 10.1. The Labute approximate surface area is 165 Å². The van der Waals surface area contributed by atoms with Crippen LogP contribution < -0.4 is 10.5 Å². The van der Waals surface area contributed by atoms with E-state index in [0.717, 1.165) is 55.9 Å². The summed E-state index contributed by atoms with van der Waals surface area (Å²) in [4.78, 5) is 14.0. The second-order valence-electron chi connectivity index (χ2n) is 7.81. The van der Waals surface area contributed by atoms with Crippen LogP contribution in [-0.2, 0) is 4.79 Å². The lowest BCUT2D eigenvalue weighted by Crippen LogP contribution is -2.41. The van der Waals surface area contributed by atoms with Gasteiger partial charge in [-0.3, -0.25) is 9.69 Å². The number of nitrogens with zero attached hydrogens (tertiary/aromatic N) is 5. The maximum absolute atomic E-state index is 11.6. The van der Waals surface area contributed by atoms with Gasteiger partial charge in [0.25, 0.3) is 0 Å². The summed E-state index contributed by atoms with van der Waals surface area (Å²) in [6, 6.07) is 8.43. The number of hydrogen-bond donors (Lipinski definition) is 1. The van der Waals surface area contributed by atoms with Gasteiger partial charge in [-0.05, 0) is 66.9 Å². The minimum atomic E-state index is -0.198. The Kier molecular flexibility index (Phi) is 5.57. The highest BCUT2D eigenvalue weighted by Gasteiger charge is 2.34. The average Bonchev–Trinajstić information content (AvgIpc) is 3.41. The van der Waals surface area contributed by atoms with Gasteiger partial charge in [-0.15, -0.1) is 5.10 Å². The fourth-order valence-electron chi connectivity index (χ4n) is 4.54. The van der Waals surface area contributed by atoms with Crippen molar-refractivity contribution in [3.63, 3.8) is 0 Å². The number of ether oxygens (including phenoxy) is 1. The summed E-state index contributed by atoms with van der Waals surface area (Å²) in [6.07, 6.45) is 6.23. The van der Waals surface area contributed by atoms with Crippen molar-refractivity contribution in [2.75, 3.05) is 20.2 Å². The molecular formula is C20H28N6O2. The van der Waals surface area contributed by atoms with E-state index in [1.807, 2.05) is 16.8 Å². The summed E-state index contributed by atoms with van der Waals surface area (Å²) in [5.74, 6) is 1.47. The van der Waals surface area contributed by atoms with Crippen LogP contribution in [0.4, 0.5) is 0 Å². The smallest absolute Gasteiger partial charge is 0.220 e. The third-order valence-electron chi connectivity index (χ3n) is 6.16. The molecule has 2 fully saturated rings. The Morgan fingerprint density at radius 2 is 1.82 bits per heavy atom. The number of rotatable bonds is 6. The van der Waals surface area contributed by atoms with Crippen molar-refractivity contribution < 1.29 is 9.53 Å². The van der Waals surface area contributed by atoms with Crippen molar-refractivity contribution in [1.82, 2.24) is 25.1 Å². The van der Waals surface area contributed by atoms with Gasteiger partial charge in [-0.2, -0.15) is 0 Å². The van der Waals surface area contributed by atoms with Crippen LogP contribution in [-0.4, -0.2) is 51.2 Å². The van der Waals surface area contributed by atoms with Crippen molar-refractivity contribution in [3.05, 3.63) is 35.7 Å². The van der Waals surface area contributed by atoms with E-state index >= 15 is 0 Å². The Morgan fingerprint density at radius 1 is 1.14 bits per heavy atom. The molecule has 150 valence electrons. The molecule has 0 bridgehead atoms. The van der Waals surface area contributed by atoms with Gasteiger partial charge in [0, 0.05) is 5.92 Å². The predicted octanol–water partition coefficient (Wildman–Crippen LogP) is 2.08. The fraction of sp³-hybridized carbons (Fsp3) is 0.600. The molecule has 0 radical (unpaired) electrons. The maximum Gasteiger partial charge on any atom is 0.220 e. The normalized spacial score (nSPS) is 20.3. The number of carbonyl (C=O) groups is 1. The van der Waals surface area contributed by atoms with E-state index in [0.29, 0.717) is 6.04 Å². The monoisotopic (exact) mass is 384 g/mol. The number of amides is 1. The summed E-state index contributed by atoms with van der Waals surface area (Å²) in [5, 5.41) is 12.8. The lowest BCUT2D eigenvalue weighted by atomic mass is 9.93. The first-order chi connectivity index (χ1) is 13.7. The lowest BCUT2D eigenvalue weighted by molar-refractivity contribution is -0.123. The number of aromatic nitrogens is 4. The van der Waals surface area contributed by atoms with Crippen molar-refractivity contribution in [1.29, 1.82) is 0 Å². The number of hydrogen-bond acceptors (Lipinski definition) is 6. The molecule has 1 saturated carbocycles. The Morgan fingerprint density at radius 3 is 2.43 bits per heavy atom. The molecule has 0 spiro atoms. The molecule has 1 aliphatic carbocycles. The van der Waals surface area contributed by atoms with Gasteiger partial charge in [-0.1, -0.05) is 25.0 Å². The highest BCUT2D eigenvalue weighted by atomic mass is 16.5. The lowest BCUT2D eigenvalue weighted by Gasteiger charge is -2.36. The van der Waals surface area contributed by atoms with Gasteiger partial charge in [0.1, 0.15) is 5.75 Å². The summed E-state index contributed by atoms with van der Waals surface area (Å²) < 4.78 is 7.35. The van der Waals surface area contributed by atoms with Crippen LogP contribution in [0.5, 0.6) is 5.75 Å². The Balaban J connectivity index is 1.66. The Hall–Kier alpha value is -2.48. The molecule has 1 aromatic carbocycles. The fourth-order valence-corrected chi connectivity index (χ4v) is 4.54. The molecule has 2 heterocycles. The SMILES string of the molecule is COc1ccc(C(c2nnnn2C2CCCC2)N2CCC(C(N)=O)CC2)cc1. The topological polar surface area (TPSA) is 99.2 Å². The molecule has 1 unspecified atom stereocenters. The molecule has 2 aromatic rings. The number of piperidine rings is 1. The number of likely N-dealkylation sites (tertiary alicyclic amines) is 1. The van der Waals surface area contributed by atoms with Crippen molar-refractivity contribution in [2.24, 2.45) is 11.7 Å². The highest BCUT2D eigenvalue weighted by molar-refractivity contribution is 5.76. The number of carbonyl (C=O) groups excluding carboxylic acids is 1. The molecule has 4 rings (SSSR count). The largest absolute Gasteiger partial charge is 0.497 e. The Bertz CT molecular complexity index is 791. The number of primary amides is 1. The van der Waals surface area contributed by atoms with Crippen molar-refractivity contribution in [3.8, 4) is 5.75 Å². The molecule has 28 heavy (non-hydrogen) atoms. The molecular weight excluding hydrogens is 356 g/mol. The van der Waals surface area contributed by atoms with Gasteiger partial charge in [0.15, 0.2) is 5.82 Å². The predicted molar refractivity (Wildman–Crippen MR) is 104 cm³/mol. The molecule has 2 N–H and O–H groups in total.